The Morgan fingerprint density at radius 1 is 0.500 bits per heavy atom. The summed E-state index contributed by atoms with van der Waals surface area (Å²) in [6.07, 6.45) is -6.33. The van der Waals surface area contributed by atoms with Gasteiger partial charge in [-0.15, -0.1) is 22.7 Å². The Hall–Kier alpha value is -5.60. The predicted molar refractivity (Wildman–Crippen MR) is 198 cm³/mol. The second-order valence-electron chi connectivity index (χ2n) is 14.8. The lowest BCUT2D eigenvalue weighted by Crippen LogP contribution is -2.30. The molecule has 0 fully saturated rings. The molecule has 0 unspecified atom stereocenters. The van der Waals surface area contributed by atoms with Crippen molar-refractivity contribution in [3.05, 3.63) is 115 Å². The van der Waals surface area contributed by atoms with E-state index < -0.39 is 57.8 Å². The zero-order valence-corrected chi connectivity index (χ0v) is 31.1. The number of benzene rings is 3. The SMILES string of the molecule is CC1(C)Oc2cc3c(cc2-c2sc(/C=C4\C(=O)C(=O)c5cc(C(F)(F)F)ccc54)cc21)OC(C)(C)c1cc(/C=C2\C(=O)C(=O)c4cc(C(F)(F)F)ccc42)sc1-3. The number of hydrogen-bond donors (Lipinski definition) is 0. The first kappa shape index (κ1) is 36.1. The molecule has 6 nitrogen and oxygen atoms in total. The fourth-order valence-electron chi connectivity index (χ4n) is 7.59. The smallest absolute Gasteiger partial charge is 0.416 e. The number of hydrogen-bond acceptors (Lipinski definition) is 8. The summed E-state index contributed by atoms with van der Waals surface area (Å²) in [6, 6.07) is 12.7. The minimum absolute atomic E-state index is 0.000931. The molecule has 282 valence electrons. The zero-order valence-electron chi connectivity index (χ0n) is 29.5. The highest BCUT2D eigenvalue weighted by Crippen LogP contribution is 2.57. The van der Waals surface area contributed by atoms with E-state index in [1.807, 2.05) is 52.0 Å². The molecule has 2 aliphatic heterocycles. The number of thiophene rings is 2. The van der Waals surface area contributed by atoms with Crippen molar-refractivity contribution in [1.82, 2.24) is 0 Å². The molecule has 2 aliphatic carbocycles. The Morgan fingerprint density at radius 3 is 1.23 bits per heavy atom. The molecule has 3 aromatic carbocycles. The molecule has 14 heteroatoms. The van der Waals surface area contributed by atoms with Gasteiger partial charge in [-0.05, 0) is 99.5 Å². The van der Waals surface area contributed by atoms with E-state index in [2.05, 4.69) is 0 Å². The van der Waals surface area contributed by atoms with Crippen molar-refractivity contribution < 1.29 is 55.0 Å². The van der Waals surface area contributed by atoms with Crippen LogP contribution >= 0.6 is 22.7 Å². The molecule has 0 amide bonds. The molecule has 2 aromatic heterocycles. The van der Waals surface area contributed by atoms with Gasteiger partial charge < -0.3 is 9.47 Å². The second-order valence-corrected chi connectivity index (χ2v) is 17.0. The van der Waals surface area contributed by atoms with Gasteiger partial charge in [0.15, 0.2) is 0 Å². The van der Waals surface area contributed by atoms with Crippen molar-refractivity contribution >= 4 is 69.1 Å². The Labute approximate surface area is 321 Å². The van der Waals surface area contributed by atoms with Crippen molar-refractivity contribution in [2.24, 2.45) is 0 Å². The van der Waals surface area contributed by atoms with Crippen LogP contribution in [0.1, 0.15) is 91.5 Å². The monoisotopic (exact) mass is 802 g/mol. The topological polar surface area (TPSA) is 86.7 Å². The largest absolute Gasteiger partial charge is 0.482 e. The van der Waals surface area contributed by atoms with Crippen LogP contribution < -0.4 is 9.47 Å². The molecule has 4 heterocycles. The zero-order chi connectivity index (χ0) is 40.0. The average molecular weight is 803 g/mol. The van der Waals surface area contributed by atoms with E-state index in [1.54, 1.807) is 0 Å². The number of rotatable bonds is 2. The molecule has 0 atom stereocenters. The van der Waals surface area contributed by atoms with E-state index in [9.17, 15) is 45.5 Å². The summed E-state index contributed by atoms with van der Waals surface area (Å²) < 4.78 is 93.3. The van der Waals surface area contributed by atoms with Crippen LogP contribution in [0.15, 0.2) is 60.7 Å². The molecule has 0 N–H and O–H groups in total. The minimum atomic E-state index is -4.68. The fraction of sp³-hybridized carbons (Fsp3) is 0.190. The van der Waals surface area contributed by atoms with Crippen LogP contribution in [0.25, 0.3) is 44.2 Å². The van der Waals surface area contributed by atoms with Gasteiger partial charge in [-0.25, -0.2) is 0 Å². The number of ether oxygens (including phenoxy) is 2. The van der Waals surface area contributed by atoms with Gasteiger partial charge in [0.05, 0.1) is 11.1 Å². The Bertz CT molecular complexity index is 2570. The maximum atomic E-state index is 13.4. The lowest BCUT2D eigenvalue weighted by atomic mass is 9.88. The molecule has 0 bridgehead atoms. The average Bonchev–Trinajstić information content (AvgIpc) is 3.86. The van der Waals surface area contributed by atoms with Crippen LogP contribution in [0.4, 0.5) is 26.3 Å². The van der Waals surface area contributed by atoms with Crippen molar-refractivity contribution in [2.45, 2.75) is 51.2 Å². The first-order valence-electron chi connectivity index (χ1n) is 17.0. The molecule has 0 saturated heterocycles. The number of halogens is 6. The van der Waals surface area contributed by atoms with E-state index in [0.29, 0.717) is 44.5 Å². The van der Waals surface area contributed by atoms with E-state index in [0.717, 1.165) is 45.1 Å². The summed E-state index contributed by atoms with van der Waals surface area (Å²) >= 11 is 2.65. The van der Waals surface area contributed by atoms with Crippen LogP contribution in [0.3, 0.4) is 0 Å². The number of carbonyl (C=O) groups is 4. The molecular weight excluding hydrogens is 779 g/mol. The van der Waals surface area contributed by atoms with Gasteiger partial charge >= 0.3 is 12.4 Å². The van der Waals surface area contributed by atoms with Crippen molar-refractivity contribution in [3.63, 3.8) is 0 Å². The van der Waals surface area contributed by atoms with Gasteiger partial charge in [0.1, 0.15) is 22.7 Å². The molecule has 0 spiro atoms. The van der Waals surface area contributed by atoms with Crippen molar-refractivity contribution in [1.29, 1.82) is 0 Å². The third kappa shape index (κ3) is 5.36. The Morgan fingerprint density at radius 2 is 0.875 bits per heavy atom. The summed E-state index contributed by atoms with van der Waals surface area (Å²) in [5.41, 5.74) is -1.17. The Kier molecular flexibility index (Phi) is 7.39. The first-order chi connectivity index (χ1) is 26.1. The van der Waals surface area contributed by atoms with Gasteiger partial charge in [0.2, 0.25) is 23.1 Å². The number of alkyl halides is 6. The Balaban J connectivity index is 1.11. The van der Waals surface area contributed by atoms with E-state index >= 15 is 0 Å². The summed E-state index contributed by atoms with van der Waals surface area (Å²) in [7, 11) is 0. The normalized spacial score (nSPS) is 19.0. The van der Waals surface area contributed by atoms with E-state index in [4.69, 9.17) is 9.47 Å². The lowest BCUT2D eigenvalue weighted by molar-refractivity contribution is -0.138. The number of fused-ring (bicyclic) bond motifs is 8. The minimum Gasteiger partial charge on any atom is -0.482 e. The molecule has 0 radical (unpaired) electrons. The third-order valence-corrected chi connectivity index (χ3v) is 12.6. The highest BCUT2D eigenvalue weighted by molar-refractivity contribution is 7.17. The molecule has 56 heavy (non-hydrogen) atoms. The third-order valence-electron chi connectivity index (χ3n) is 10.3. The molecule has 9 rings (SSSR count). The quantitative estimate of drug-likeness (QED) is 0.100. The predicted octanol–water partition coefficient (Wildman–Crippen LogP) is 11.0. The van der Waals surface area contributed by atoms with E-state index in [-0.39, 0.29) is 33.4 Å². The van der Waals surface area contributed by atoms with Gasteiger partial charge in [-0.2, -0.15) is 26.3 Å². The standard InChI is InChI=1S/C42H24F6O6S2/c1-39(2)29-13-19(11-25-21-7-5-17(41(43,44)45)9-23(21)33(49)35(25)51)55-37(29)27-16-32-28(15-31(27)53-39)38-30(40(3,4)54-32)14-20(56-38)12-26-22-8-6-18(42(46,47)48)10-24(22)34(50)36(26)52/h5-16H,1-4H3/b25-11-,26-12-. The first-order valence-corrected chi connectivity index (χ1v) is 18.7. The number of carbonyl (C=O) groups excluding carboxylic acids is 4. The number of allylic oxidation sites excluding steroid dienone is 2. The lowest BCUT2D eigenvalue weighted by Gasteiger charge is -2.36. The fourth-order valence-corrected chi connectivity index (χ4v) is 10.1. The molecular formula is C42H24F6O6S2. The highest BCUT2D eigenvalue weighted by Gasteiger charge is 2.42. The number of ketones is 4. The van der Waals surface area contributed by atoms with Crippen LogP contribution in [0.5, 0.6) is 11.5 Å². The molecule has 5 aromatic rings. The van der Waals surface area contributed by atoms with Crippen molar-refractivity contribution in [3.8, 4) is 32.4 Å². The van der Waals surface area contributed by atoms with Crippen LogP contribution in [-0.4, -0.2) is 23.1 Å². The van der Waals surface area contributed by atoms with Crippen LogP contribution in [0, 0.1) is 0 Å². The highest BCUT2D eigenvalue weighted by atomic mass is 32.1. The maximum absolute atomic E-state index is 13.4. The van der Waals surface area contributed by atoms with Gasteiger partial charge in [0.25, 0.3) is 0 Å². The number of Topliss-reactive ketones (excluding diaryl/α,β-unsaturated/α-hetero) is 4. The molecule has 4 aliphatic rings. The van der Waals surface area contributed by atoms with E-state index in [1.165, 1.54) is 34.8 Å². The van der Waals surface area contributed by atoms with Gasteiger partial charge in [-0.1, -0.05) is 12.1 Å². The second kappa shape index (κ2) is 11.5. The van der Waals surface area contributed by atoms with Crippen LogP contribution in [-0.2, 0) is 33.1 Å². The summed E-state index contributed by atoms with van der Waals surface area (Å²) in [4.78, 5) is 54.4. The van der Waals surface area contributed by atoms with Gasteiger partial charge in [-0.3, -0.25) is 19.2 Å². The van der Waals surface area contributed by atoms with Crippen LogP contribution in [0.2, 0.25) is 0 Å². The molecule has 0 saturated carbocycles. The summed E-state index contributed by atoms with van der Waals surface area (Å²) in [6.45, 7) is 7.47. The van der Waals surface area contributed by atoms with Gasteiger partial charge in [0, 0.05) is 64.0 Å². The maximum Gasteiger partial charge on any atom is 0.416 e. The summed E-state index contributed by atoms with van der Waals surface area (Å²) in [5, 5.41) is 0. The summed E-state index contributed by atoms with van der Waals surface area (Å²) in [5.74, 6) is -2.74. The van der Waals surface area contributed by atoms with Crippen molar-refractivity contribution in [2.75, 3.05) is 0 Å².